The topological polar surface area (TPSA) is 91.7 Å². The van der Waals surface area contributed by atoms with Gasteiger partial charge in [0.2, 0.25) is 11.8 Å². The number of carbonyl (C=O) groups is 3. The van der Waals surface area contributed by atoms with E-state index in [2.05, 4.69) is 10.6 Å². The van der Waals surface area contributed by atoms with Gasteiger partial charge in [-0.25, -0.2) is 0 Å². The van der Waals surface area contributed by atoms with Crippen LogP contribution < -0.4 is 10.6 Å². The maximum Gasteiger partial charge on any atom is 0.287 e. The molecule has 1 atom stereocenters. The van der Waals surface area contributed by atoms with Gasteiger partial charge in [-0.1, -0.05) is 38.7 Å². The molecule has 31 heavy (non-hydrogen) atoms. The van der Waals surface area contributed by atoms with Crippen molar-refractivity contribution >= 4 is 29.1 Å². The molecule has 0 spiro atoms. The summed E-state index contributed by atoms with van der Waals surface area (Å²) in [6, 6.07) is 6.41. The fraction of sp³-hybridized carbons (Fsp3) is 0.522. The summed E-state index contributed by atoms with van der Waals surface area (Å²) in [4.78, 5) is 41.1. The minimum Gasteiger partial charge on any atom is -0.459 e. The third kappa shape index (κ3) is 6.43. The Bertz CT molecular complexity index is 829. The first-order valence-electron chi connectivity index (χ1n) is 11.0. The van der Waals surface area contributed by atoms with Crippen LogP contribution in [0.4, 0.5) is 0 Å². The standard InChI is InChI=1S/C23H31N3O4S/c1-2-3-13-26(20(27)16-24-22(28)18-11-7-14-30-18)21(19-12-8-15-31-19)23(29)25-17-9-5-4-6-10-17/h7-8,11-12,14-15,17,21H,2-6,9-10,13,16H2,1H3,(H,24,28)(H,25,29)/t21-/m1/s1. The SMILES string of the molecule is CCCCN(C(=O)CNC(=O)c1ccco1)[C@@H](C(=O)NC1CCCCC1)c1cccs1. The van der Waals surface area contributed by atoms with Crippen LogP contribution in [0.15, 0.2) is 40.3 Å². The average molecular weight is 446 g/mol. The molecule has 7 nitrogen and oxygen atoms in total. The van der Waals surface area contributed by atoms with E-state index in [4.69, 9.17) is 4.42 Å². The van der Waals surface area contributed by atoms with Crippen LogP contribution >= 0.6 is 11.3 Å². The number of carbonyl (C=O) groups excluding carboxylic acids is 3. The van der Waals surface area contributed by atoms with Crippen molar-refractivity contribution in [2.24, 2.45) is 0 Å². The second kappa shape index (κ2) is 11.7. The number of hydrogen-bond acceptors (Lipinski definition) is 5. The molecule has 2 aromatic rings. The predicted octanol–water partition coefficient (Wildman–Crippen LogP) is 3.89. The minimum atomic E-state index is -0.693. The third-order valence-corrected chi connectivity index (χ3v) is 6.47. The van der Waals surface area contributed by atoms with E-state index in [0.29, 0.717) is 6.54 Å². The Kier molecular flexibility index (Phi) is 8.70. The van der Waals surface area contributed by atoms with Crippen molar-refractivity contribution in [1.29, 1.82) is 0 Å². The molecule has 0 unspecified atom stereocenters. The van der Waals surface area contributed by atoms with Crippen LogP contribution in [-0.2, 0) is 9.59 Å². The van der Waals surface area contributed by atoms with Crippen LogP contribution in [0.2, 0.25) is 0 Å². The molecular formula is C23H31N3O4S. The number of hydrogen-bond donors (Lipinski definition) is 2. The Morgan fingerprint density at radius 1 is 1.19 bits per heavy atom. The van der Waals surface area contributed by atoms with Gasteiger partial charge in [-0.2, -0.15) is 0 Å². The van der Waals surface area contributed by atoms with E-state index in [1.54, 1.807) is 17.0 Å². The van der Waals surface area contributed by atoms with Crippen molar-refractivity contribution in [2.75, 3.05) is 13.1 Å². The van der Waals surface area contributed by atoms with Gasteiger partial charge in [-0.3, -0.25) is 14.4 Å². The molecule has 3 rings (SSSR count). The van der Waals surface area contributed by atoms with Crippen molar-refractivity contribution in [2.45, 2.75) is 64.0 Å². The van der Waals surface area contributed by atoms with E-state index in [-0.39, 0.29) is 30.2 Å². The quantitative estimate of drug-likeness (QED) is 0.580. The number of rotatable bonds is 10. The molecule has 0 radical (unpaired) electrons. The lowest BCUT2D eigenvalue weighted by Crippen LogP contribution is -2.49. The van der Waals surface area contributed by atoms with E-state index in [1.165, 1.54) is 24.0 Å². The molecule has 1 aliphatic carbocycles. The highest BCUT2D eigenvalue weighted by atomic mass is 32.1. The van der Waals surface area contributed by atoms with Gasteiger partial charge in [0.05, 0.1) is 12.8 Å². The van der Waals surface area contributed by atoms with E-state index < -0.39 is 11.9 Å². The second-order valence-electron chi connectivity index (χ2n) is 7.86. The molecule has 0 bridgehead atoms. The summed E-state index contributed by atoms with van der Waals surface area (Å²) in [5, 5.41) is 7.70. The van der Waals surface area contributed by atoms with E-state index >= 15 is 0 Å². The molecule has 3 amide bonds. The maximum absolute atomic E-state index is 13.3. The molecule has 1 aliphatic rings. The number of nitrogens with zero attached hydrogens (tertiary/aromatic N) is 1. The van der Waals surface area contributed by atoms with E-state index in [0.717, 1.165) is 43.4 Å². The first-order chi connectivity index (χ1) is 15.1. The van der Waals surface area contributed by atoms with Crippen LogP contribution in [-0.4, -0.2) is 41.8 Å². The molecule has 2 aromatic heterocycles. The van der Waals surface area contributed by atoms with Gasteiger partial charge in [0.1, 0.15) is 6.04 Å². The molecule has 1 saturated carbocycles. The molecule has 1 fully saturated rings. The van der Waals surface area contributed by atoms with Crippen molar-refractivity contribution in [3.63, 3.8) is 0 Å². The molecule has 168 valence electrons. The van der Waals surface area contributed by atoms with E-state index in [9.17, 15) is 14.4 Å². The highest BCUT2D eigenvalue weighted by Gasteiger charge is 2.33. The zero-order valence-electron chi connectivity index (χ0n) is 18.0. The summed E-state index contributed by atoms with van der Waals surface area (Å²) in [6.07, 6.45) is 8.47. The second-order valence-corrected chi connectivity index (χ2v) is 8.84. The lowest BCUT2D eigenvalue weighted by atomic mass is 9.95. The smallest absolute Gasteiger partial charge is 0.287 e. The highest BCUT2D eigenvalue weighted by Crippen LogP contribution is 2.27. The van der Waals surface area contributed by atoms with Crippen LogP contribution in [0.25, 0.3) is 0 Å². The summed E-state index contributed by atoms with van der Waals surface area (Å²) in [5.41, 5.74) is 0. The Morgan fingerprint density at radius 3 is 2.65 bits per heavy atom. The van der Waals surface area contributed by atoms with Crippen LogP contribution in [0.3, 0.4) is 0 Å². The van der Waals surface area contributed by atoms with Crippen LogP contribution in [0, 0.1) is 0 Å². The Labute approximate surface area is 187 Å². The Hall–Kier alpha value is -2.61. The highest BCUT2D eigenvalue weighted by molar-refractivity contribution is 7.10. The molecular weight excluding hydrogens is 414 g/mol. The summed E-state index contributed by atoms with van der Waals surface area (Å²) >= 11 is 1.47. The van der Waals surface area contributed by atoms with Crippen molar-refractivity contribution in [1.82, 2.24) is 15.5 Å². The molecule has 2 heterocycles. The summed E-state index contributed by atoms with van der Waals surface area (Å²) < 4.78 is 5.08. The first kappa shape index (κ1) is 23.1. The summed E-state index contributed by atoms with van der Waals surface area (Å²) in [6.45, 7) is 2.30. The summed E-state index contributed by atoms with van der Waals surface area (Å²) in [5.74, 6) is -0.729. The zero-order chi connectivity index (χ0) is 22.1. The van der Waals surface area contributed by atoms with Gasteiger partial charge in [0, 0.05) is 17.5 Å². The largest absolute Gasteiger partial charge is 0.459 e. The van der Waals surface area contributed by atoms with Gasteiger partial charge in [0.15, 0.2) is 5.76 Å². The number of thiophene rings is 1. The number of furan rings is 1. The number of unbranched alkanes of at least 4 members (excludes halogenated alkanes) is 1. The number of nitrogens with one attached hydrogen (secondary N) is 2. The third-order valence-electron chi connectivity index (χ3n) is 5.54. The Morgan fingerprint density at radius 2 is 2.00 bits per heavy atom. The Balaban J connectivity index is 1.74. The fourth-order valence-electron chi connectivity index (χ4n) is 3.88. The average Bonchev–Trinajstić information content (AvgIpc) is 3.50. The fourth-order valence-corrected chi connectivity index (χ4v) is 4.71. The first-order valence-corrected chi connectivity index (χ1v) is 11.9. The summed E-state index contributed by atoms with van der Waals surface area (Å²) in [7, 11) is 0. The number of amides is 3. The molecule has 8 heteroatoms. The van der Waals surface area contributed by atoms with Crippen molar-refractivity contribution < 1.29 is 18.8 Å². The monoisotopic (exact) mass is 445 g/mol. The lowest BCUT2D eigenvalue weighted by Gasteiger charge is -2.32. The predicted molar refractivity (Wildman–Crippen MR) is 120 cm³/mol. The van der Waals surface area contributed by atoms with Crippen molar-refractivity contribution in [3.8, 4) is 0 Å². The van der Waals surface area contributed by atoms with Crippen molar-refractivity contribution in [3.05, 3.63) is 46.5 Å². The zero-order valence-corrected chi connectivity index (χ0v) is 18.8. The lowest BCUT2D eigenvalue weighted by molar-refractivity contribution is -0.140. The van der Waals surface area contributed by atoms with Crippen LogP contribution in [0.1, 0.15) is 73.3 Å². The molecule has 2 N–H and O–H groups in total. The van der Waals surface area contributed by atoms with E-state index in [1.807, 2.05) is 24.4 Å². The molecule has 0 aromatic carbocycles. The van der Waals surface area contributed by atoms with Gasteiger partial charge in [-0.05, 0) is 42.8 Å². The maximum atomic E-state index is 13.3. The molecule has 0 aliphatic heterocycles. The van der Waals surface area contributed by atoms with Gasteiger partial charge in [-0.15, -0.1) is 11.3 Å². The van der Waals surface area contributed by atoms with Gasteiger partial charge >= 0.3 is 0 Å². The van der Waals surface area contributed by atoms with Gasteiger partial charge < -0.3 is 20.0 Å². The van der Waals surface area contributed by atoms with Crippen LogP contribution in [0.5, 0.6) is 0 Å². The van der Waals surface area contributed by atoms with Gasteiger partial charge in [0.25, 0.3) is 5.91 Å². The minimum absolute atomic E-state index is 0.142. The molecule has 0 saturated heterocycles. The normalized spacial score (nSPS) is 15.3.